The molecule has 0 saturated heterocycles. The number of aryl methyl sites for hydroxylation is 2. The Kier molecular flexibility index (Phi) is 6.55. The minimum absolute atomic E-state index is 0.135. The third-order valence-corrected chi connectivity index (χ3v) is 4.82. The fraction of sp³-hybridized carbons (Fsp3) is 0.450. The molecular weight excluding hydrogens is 336 g/mol. The van der Waals surface area contributed by atoms with Gasteiger partial charge in [0.15, 0.2) is 0 Å². The van der Waals surface area contributed by atoms with Crippen LogP contribution in [0.5, 0.6) is 5.75 Å². The summed E-state index contributed by atoms with van der Waals surface area (Å²) >= 11 is 0. The van der Waals surface area contributed by atoms with Crippen LogP contribution in [0, 0.1) is 25.7 Å². The number of aliphatic carboxylic acids is 1. The molecule has 0 unspecified atom stereocenters. The number of carboxylic acid groups (broad SMARTS) is 1. The summed E-state index contributed by atoms with van der Waals surface area (Å²) in [6.45, 7) is 7.21. The number of carbonyl (C=O) groups excluding carboxylic acids is 2. The first-order valence-corrected chi connectivity index (χ1v) is 8.65. The van der Waals surface area contributed by atoms with Crippen molar-refractivity contribution in [2.45, 2.75) is 46.1 Å². The van der Waals surface area contributed by atoms with E-state index >= 15 is 0 Å². The molecule has 0 amide bonds. The van der Waals surface area contributed by atoms with Crippen molar-refractivity contribution in [2.75, 3.05) is 0 Å². The first kappa shape index (κ1) is 19.7. The molecule has 0 radical (unpaired) electrons. The standard InChI is InChI=1S/C20H24O6/c1-4-18(21)25-11-17-12(2)9-16(10-13(17)3)26-20(24)15-7-5-14(6-8-15)19(22)23/h4,9-10,14-15H,1,5-8,11H2,2-3H3,(H,22,23). The normalized spacial score (nSPS) is 19.5. The maximum Gasteiger partial charge on any atom is 0.330 e. The van der Waals surface area contributed by atoms with Crippen molar-refractivity contribution in [3.05, 3.63) is 41.5 Å². The molecule has 1 saturated carbocycles. The zero-order valence-corrected chi connectivity index (χ0v) is 15.1. The number of ether oxygens (including phenoxy) is 2. The second kappa shape index (κ2) is 8.65. The lowest BCUT2D eigenvalue weighted by Crippen LogP contribution is -2.28. The van der Waals surface area contributed by atoms with Gasteiger partial charge in [0.2, 0.25) is 0 Å². The molecule has 0 spiro atoms. The summed E-state index contributed by atoms with van der Waals surface area (Å²) in [6, 6.07) is 3.48. The van der Waals surface area contributed by atoms with Crippen LogP contribution in [0.1, 0.15) is 42.4 Å². The molecule has 1 fully saturated rings. The lowest BCUT2D eigenvalue weighted by Gasteiger charge is -2.24. The third-order valence-electron chi connectivity index (χ3n) is 4.82. The summed E-state index contributed by atoms with van der Waals surface area (Å²) in [5.41, 5.74) is 2.58. The van der Waals surface area contributed by atoms with E-state index in [2.05, 4.69) is 6.58 Å². The van der Waals surface area contributed by atoms with Gasteiger partial charge in [-0.3, -0.25) is 9.59 Å². The molecule has 1 aliphatic rings. The van der Waals surface area contributed by atoms with Gasteiger partial charge < -0.3 is 14.6 Å². The number of carboxylic acids is 1. The Morgan fingerprint density at radius 3 is 2.15 bits per heavy atom. The van der Waals surface area contributed by atoms with Crippen LogP contribution in [0.2, 0.25) is 0 Å². The van der Waals surface area contributed by atoms with E-state index in [-0.39, 0.29) is 24.4 Å². The first-order chi connectivity index (χ1) is 12.3. The Labute approximate surface area is 152 Å². The maximum absolute atomic E-state index is 12.4. The Hall–Kier alpha value is -2.63. The lowest BCUT2D eigenvalue weighted by molar-refractivity contribution is -0.146. The van der Waals surface area contributed by atoms with Crippen molar-refractivity contribution in [1.29, 1.82) is 0 Å². The van der Waals surface area contributed by atoms with Crippen molar-refractivity contribution in [1.82, 2.24) is 0 Å². The van der Waals surface area contributed by atoms with Crippen LogP contribution in [0.3, 0.4) is 0 Å². The van der Waals surface area contributed by atoms with E-state index in [4.69, 9.17) is 14.6 Å². The number of rotatable bonds is 6. The summed E-state index contributed by atoms with van der Waals surface area (Å²) in [7, 11) is 0. The third kappa shape index (κ3) is 4.94. The molecule has 0 aliphatic heterocycles. The minimum Gasteiger partial charge on any atom is -0.481 e. The van der Waals surface area contributed by atoms with E-state index in [1.165, 1.54) is 0 Å². The summed E-state index contributed by atoms with van der Waals surface area (Å²) in [4.78, 5) is 34.6. The molecule has 0 aromatic heterocycles. The van der Waals surface area contributed by atoms with Crippen LogP contribution in [-0.4, -0.2) is 23.0 Å². The molecule has 1 aromatic rings. The molecule has 1 aliphatic carbocycles. The van der Waals surface area contributed by atoms with E-state index in [9.17, 15) is 14.4 Å². The highest BCUT2D eigenvalue weighted by Crippen LogP contribution is 2.31. The number of benzene rings is 1. The molecule has 6 heteroatoms. The van der Waals surface area contributed by atoms with Crippen molar-refractivity contribution >= 4 is 17.9 Å². The monoisotopic (exact) mass is 360 g/mol. The molecule has 1 N–H and O–H groups in total. The van der Waals surface area contributed by atoms with Crippen LogP contribution in [-0.2, 0) is 25.7 Å². The maximum atomic E-state index is 12.4. The number of hydrogen-bond acceptors (Lipinski definition) is 5. The van der Waals surface area contributed by atoms with E-state index in [0.29, 0.717) is 31.4 Å². The van der Waals surface area contributed by atoms with Crippen LogP contribution in [0.15, 0.2) is 24.8 Å². The molecule has 26 heavy (non-hydrogen) atoms. The van der Waals surface area contributed by atoms with Crippen LogP contribution in [0.25, 0.3) is 0 Å². The highest BCUT2D eigenvalue weighted by Gasteiger charge is 2.31. The van der Waals surface area contributed by atoms with Crippen molar-refractivity contribution in [3.63, 3.8) is 0 Å². The van der Waals surface area contributed by atoms with Crippen molar-refractivity contribution < 1.29 is 29.0 Å². The highest BCUT2D eigenvalue weighted by molar-refractivity contribution is 5.81. The van der Waals surface area contributed by atoms with Gasteiger partial charge in [0.05, 0.1) is 11.8 Å². The minimum atomic E-state index is -0.796. The first-order valence-electron chi connectivity index (χ1n) is 8.65. The molecule has 2 rings (SSSR count). The number of hydrogen-bond donors (Lipinski definition) is 1. The summed E-state index contributed by atoms with van der Waals surface area (Å²) < 4.78 is 10.6. The Morgan fingerprint density at radius 2 is 1.65 bits per heavy atom. The predicted molar refractivity (Wildman–Crippen MR) is 94.6 cm³/mol. The number of esters is 2. The van der Waals surface area contributed by atoms with E-state index in [1.807, 2.05) is 13.8 Å². The Morgan fingerprint density at radius 1 is 1.12 bits per heavy atom. The van der Waals surface area contributed by atoms with Gasteiger partial charge in [0.1, 0.15) is 12.4 Å². The molecular formula is C20H24O6. The van der Waals surface area contributed by atoms with Gasteiger partial charge in [-0.25, -0.2) is 4.79 Å². The zero-order chi connectivity index (χ0) is 19.3. The molecule has 6 nitrogen and oxygen atoms in total. The Bertz CT molecular complexity index is 690. The molecule has 0 bridgehead atoms. The lowest BCUT2D eigenvalue weighted by atomic mass is 9.82. The van der Waals surface area contributed by atoms with Gasteiger partial charge in [-0.15, -0.1) is 0 Å². The molecule has 140 valence electrons. The van der Waals surface area contributed by atoms with Gasteiger partial charge >= 0.3 is 17.9 Å². The average Bonchev–Trinajstić information content (AvgIpc) is 2.60. The van der Waals surface area contributed by atoms with Gasteiger partial charge in [-0.1, -0.05) is 6.58 Å². The van der Waals surface area contributed by atoms with Gasteiger partial charge in [-0.2, -0.15) is 0 Å². The van der Waals surface area contributed by atoms with Gasteiger partial charge in [0.25, 0.3) is 0 Å². The number of carbonyl (C=O) groups is 3. The second-order valence-electron chi connectivity index (χ2n) is 6.66. The van der Waals surface area contributed by atoms with Crippen LogP contribution >= 0.6 is 0 Å². The fourth-order valence-electron chi connectivity index (χ4n) is 3.22. The quantitative estimate of drug-likeness (QED) is 0.475. The SMILES string of the molecule is C=CC(=O)OCc1c(C)cc(OC(=O)C2CCC(C(=O)O)CC2)cc1C. The fourth-order valence-corrected chi connectivity index (χ4v) is 3.22. The molecule has 1 aromatic carbocycles. The molecule has 0 atom stereocenters. The van der Waals surface area contributed by atoms with Crippen LogP contribution < -0.4 is 4.74 Å². The van der Waals surface area contributed by atoms with E-state index in [1.54, 1.807) is 12.1 Å². The summed E-state index contributed by atoms with van der Waals surface area (Å²) in [5, 5.41) is 9.03. The zero-order valence-electron chi connectivity index (χ0n) is 15.1. The summed E-state index contributed by atoms with van der Waals surface area (Å²) in [6.07, 6.45) is 3.17. The van der Waals surface area contributed by atoms with Gasteiger partial charge in [0, 0.05) is 6.08 Å². The molecule has 0 heterocycles. The van der Waals surface area contributed by atoms with E-state index < -0.39 is 11.9 Å². The van der Waals surface area contributed by atoms with Gasteiger partial charge in [-0.05, 0) is 68.4 Å². The second-order valence-corrected chi connectivity index (χ2v) is 6.66. The highest BCUT2D eigenvalue weighted by atomic mass is 16.5. The average molecular weight is 360 g/mol. The topological polar surface area (TPSA) is 89.9 Å². The largest absolute Gasteiger partial charge is 0.481 e. The van der Waals surface area contributed by atoms with Crippen LogP contribution in [0.4, 0.5) is 0 Å². The Balaban J connectivity index is 1.99. The smallest absolute Gasteiger partial charge is 0.330 e. The predicted octanol–water partition coefficient (Wildman–Crippen LogP) is 3.33. The van der Waals surface area contributed by atoms with E-state index in [0.717, 1.165) is 22.8 Å². The van der Waals surface area contributed by atoms with Crippen molar-refractivity contribution in [2.24, 2.45) is 11.8 Å². The van der Waals surface area contributed by atoms with Crippen molar-refractivity contribution in [3.8, 4) is 5.75 Å². The summed E-state index contributed by atoms with van der Waals surface area (Å²) in [5.74, 6) is -1.78.